The van der Waals surface area contributed by atoms with Gasteiger partial charge in [0.15, 0.2) is 4.96 Å². The molecule has 3 heterocycles. The van der Waals surface area contributed by atoms with E-state index in [2.05, 4.69) is 20.4 Å². The Balaban J connectivity index is 1.40. The first-order chi connectivity index (χ1) is 17.2. The smallest absolute Gasteiger partial charge is 0.263 e. The van der Waals surface area contributed by atoms with Crippen LogP contribution in [0.5, 0.6) is 0 Å². The summed E-state index contributed by atoms with van der Waals surface area (Å²) >= 11 is 7.11. The molecule has 3 aromatic heterocycles. The van der Waals surface area contributed by atoms with Gasteiger partial charge in [0, 0.05) is 34.6 Å². The van der Waals surface area contributed by atoms with E-state index in [1.165, 1.54) is 24.3 Å². The molecule has 1 amide bonds. The van der Waals surface area contributed by atoms with E-state index < -0.39 is 29.2 Å². The number of hydrogen-bond acceptors (Lipinski definition) is 6. The minimum Gasteiger partial charge on any atom is -0.381 e. The number of hydrogen-bond donors (Lipinski definition) is 2. The molecule has 0 radical (unpaired) electrons. The molecule has 8 nitrogen and oxygen atoms in total. The van der Waals surface area contributed by atoms with E-state index in [0.717, 1.165) is 34.7 Å². The monoisotopic (exact) mass is 528 g/mol. The predicted molar refractivity (Wildman–Crippen MR) is 131 cm³/mol. The molecular weight excluding hydrogens is 510 g/mol. The van der Waals surface area contributed by atoms with Gasteiger partial charge in [0.25, 0.3) is 5.91 Å². The number of aliphatic hydroxyl groups is 1. The lowest BCUT2D eigenvalue weighted by Gasteiger charge is -2.35. The second-order valence-electron chi connectivity index (χ2n) is 8.25. The number of benzene rings is 2. The van der Waals surface area contributed by atoms with Gasteiger partial charge >= 0.3 is 0 Å². The van der Waals surface area contributed by atoms with E-state index in [0.29, 0.717) is 20.9 Å². The zero-order chi connectivity index (χ0) is 25.4. The highest BCUT2D eigenvalue weighted by Gasteiger charge is 2.40. The van der Waals surface area contributed by atoms with Crippen molar-refractivity contribution >= 4 is 33.8 Å². The van der Waals surface area contributed by atoms with Crippen LogP contribution in [0.2, 0.25) is 5.02 Å². The number of imidazole rings is 1. The van der Waals surface area contributed by atoms with Crippen LogP contribution in [0, 0.1) is 11.6 Å². The summed E-state index contributed by atoms with van der Waals surface area (Å²) in [6, 6.07) is 9.15. The quantitative estimate of drug-likeness (QED) is 0.328. The Hall–Kier alpha value is -3.67. The van der Waals surface area contributed by atoms with E-state index in [4.69, 9.17) is 11.6 Å². The maximum atomic E-state index is 14.7. The number of aromatic nitrogens is 5. The number of amides is 1. The number of carbonyl (C=O) groups is 1. The summed E-state index contributed by atoms with van der Waals surface area (Å²) in [7, 11) is 0. The van der Waals surface area contributed by atoms with Crippen molar-refractivity contribution in [2.45, 2.75) is 25.1 Å². The van der Waals surface area contributed by atoms with Gasteiger partial charge in [-0.15, -0.1) is 0 Å². The van der Waals surface area contributed by atoms with Gasteiger partial charge in [0.1, 0.15) is 34.8 Å². The largest absolute Gasteiger partial charge is 0.381 e. The van der Waals surface area contributed by atoms with Gasteiger partial charge in [-0.2, -0.15) is 5.10 Å². The Morgan fingerprint density at radius 1 is 1.22 bits per heavy atom. The van der Waals surface area contributed by atoms with Gasteiger partial charge in [-0.25, -0.2) is 23.4 Å². The molecule has 5 rings (SSSR count). The number of rotatable bonds is 7. The normalized spacial score (nSPS) is 14.0. The number of carbonyl (C=O) groups excluding carboxylic acids is 1. The average molecular weight is 529 g/mol. The molecule has 2 aromatic carbocycles. The minimum absolute atomic E-state index is 0.180. The van der Waals surface area contributed by atoms with Crippen LogP contribution in [0.15, 0.2) is 67.5 Å². The Morgan fingerprint density at radius 3 is 2.67 bits per heavy atom. The van der Waals surface area contributed by atoms with Crippen LogP contribution in [0.1, 0.15) is 22.2 Å². The van der Waals surface area contributed by atoms with Crippen molar-refractivity contribution in [2.24, 2.45) is 0 Å². The lowest BCUT2D eigenvalue weighted by Crippen LogP contribution is -2.51. The summed E-state index contributed by atoms with van der Waals surface area (Å²) in [5, 5.41) is 18.9. The molecule has 0 spiro atoms. The molecule has 0 bridgehead atoms. The molecule has 184 valence electrons. The van der Waals surface area contributed by atoms with Gasteiger partial charge in [-0.1, -0.05) is 41.1 Å². The van der Waals surface area contributed by atoms with Gasteiger partial charge in [0.2, 0.25) is 0 Å². The number of nitrogens with zero attached hydrogens (tertiary/aromatic N) is 5. The van der Waals surface area contributed by atoms with Crippen LogP contribution < -0.4 is 5.32 Å². The van der Waals surface area contributed by atoms with Gasteiger partial charge in [-0.05, 0) is 25.1 Å². The Bertz CT molecular complexity index is 1500. The van der Waals surface area contributed by atoms with Crippen molar-refractivity contribution in [1.82, 2.24) is 29.5 Å². The summed E-state index contributed by atoms with van der Waals surface area (Å²) in [6.07, 6.45) is 6.05. The highest BCUT2D eigenvalue weighted by Crippen LogP contribution is 2.31. The van der Waals surface area contributed by atoms with Gasteiger partial charge in [-0.3, -0.25) is 9.20 Å². The predicted octanol–water partition coefficient (Wildman–Crippen LogP) is 4.29. The van der Waals surface area contributed by atoms with Crippen LogP contribution in [-0.4, -0.2) is 41.2 Å². The third-order valence-electron chi connectivity index (χ3n) is 5.85. The van der Waals surface area contributed by atoms with E-state index in [9.17, 15) is 18.7 Å². The Morgan fingerprint density at radius 2 is 2.00 bits per heavy atom. The molecular formula is C24H19ClF2N6O2S. The molecule has 12 heteroatoms. The van der Waals surface area contributed by atoms with Crippen molar-refractivity contribution in [1.29, 1.82) is 0 Å². The molecule has 0 aliphatic carbocycles. The van der Waals surface area contributed by atoms with Crippen molar-refractivity contribution in [3.05, 3.63) is 94.6 Å². The van der Waals surface area contributed by atoms with E-state index in [1.807, 2.05) is 12.1 Å². The molecule has 2 N–H and O–H groups in total. The van der Waals surface area contributed by atoms with Crippen LogP contribution in [-0.2, 0) is 12.1 Å². The van der Waals surface area contributed by atoms with Crippen LogP contribution in [0.25, 0.3) is 16.2 Å². The number of halogens is 3. The molecule has 0 saturated heterocycles. The highest BCUT2D eigenvalue weighted by atomic mass is 35.5. The van der Waals surface area contributed by atoms with Crippen LogP contribution in [0.4, 0.5) is 8.78 Å². The summed E-state index contributed by atoms with van der Waals surface area (Å²) in [5.74, 6) is -2.20. The molecule has 0 saturated carbocycles. The second kappa shape index (κ2) is 9.41. The van der Waals surface area contributed by atoms with Gasteiger partial charge < -0.3 is 10.4 Å². The van der Waals surface area contributed by atoms with Crippen LogP contribution in [0.3, 0.4) is 0 Å². The molecule has 2 atom stereocenters. The average Bonchev–Trinajstić information content (AvgIpc) is 3.56. The maximum Gasteiger partial charge on any atom is 0.263 e. The first kappa shape index (κ1) is 24.0. The van der Waals surface area contributed by atoms with Gasteiger partial charge in [0.05, 0.1) is 18.3 Å². The first-order valence-corrected chi connectivity index (χ1v) is 12.0. The first-order valence-electron chi connectivity index (χ1n) is 10.8. The lowest BCUT2D eigenvalue weighted by atomic mass is 9.86. The maximum absolute atomic E-state index is 14.7. The van der Waals surface area contributed by atoms with Crippen molar-refractivity contribution in [3.8, 4) is 11.3 Å². The Kier molecular flexibility index (Phi) is 6.29. The third kappa shape index (κ3) is 4.60. The molecule has 0 aliphatic rings. The topological polar surface area (TPSA) is 97.3 Å². The van der Waals surface area contributed by atoms with E-state index in [-0.39, 0.29) is 12.1 Å². The summed E-state index contributed by atoms with van der Waals surface area (Å²) in [5.41, 5.74) is -0.525. The fourth-order valence-electron chi connectivity index (χ4n) is 3.90. The number of nitrogens with one attached hydrogen (secondary N) is 1. The van der Waals surface area contributed by atoms with Crippen molar-refractivity contribution in [3.63, 3.8) is 0 Å². The molecule has 5 aromatic rings. The molecule has 0 fully saturated rings. The highest BCUT2D eigenvalue weighted by molar-refractivity contribution is 7.18. The number of fused-ring (bicyclic) bond motifs is 1. The molecule has 0 aliphatic heterocycles. The summed E-state index contributed by atoms with van der Waals surface area (Å²) < 4.78 is 31.3. The Labute approximate surface area is 212 Å². The fourth-order valence-corrected chi connectivity index (χ4v) is 4.90. The van der Waals surface area contributed by atoms with E-state index >= 15 is 0 Å². The van der Waals surface area contributed by atoms with E-state index in [1.54, 1.807) is 28.9 Å². The fraction of sp³-hybridized carbons (Fsp3) is 0.167. The standard InChI is InChI=1S/C24H19ClF2N6O2S/c1-14(24(35,11-33-13-28-12-29-33)18-7-6-17(26)8-19(18)27)30-22(34)21-10-32-9-20(31-23(32)36-21)15-2-4-16(25)5-3-15/h2-10,12-14,35H,11H2,1H3,(H,30,34)/t14-,24-/m1/s1. The second-order valence-corrected chi connectivity index (χ2v) is 9.70. The zero-order valence-corrected chi connectivity index (χ0v) is 20.3. The summed E-state index contributed by atoms with van der Waals surface area (Å²) in [4.78, 5) is 22.4. The van der Waals surface area contributed by atoms with Crippen LogP contribution >= 0.6 is 22.9 Å². The third-order valence-corrected chi connectivity index (χ3v) is 7.10. The zero-order valence-electron chi connectivity index (χ0n) is 18.8. The SMILES string of the molecule is C[C@@H](NC(=O)c1cn2cc(-c3ccc(Cl)cc3)nc2s1)[C@](O)(Cn1cncn1)c1ccc(F)cc1F. The lowest BCUT2D eigenvalue weighted by molar-refractivity contribution is -0.0185. The summed E-state index contributed by atoms with van der Waals surface area (Å²) in [6.45, 7) is 1.31. The van der Waals surface area contributed by atoms with Crippen molar-refractivity contribution < 1.29 is 18.7 Å². The molecule has 36 heavy (non-hydrogen) atoms. The minimum atomic E-state index is -1.96. The number of thiazole rings is 1. The van der Waals surface area contributed by atoms with Crippen molar-refractivity contribution in [2.75, 3.05) is 0 Å². The molecule has 0 unspecified atom stereocenters.